The van der Waals surface area contributed by atoms with E-state index in [1.54, 1.807) is 12.0 Å². The second-order valence-electron chi connectivity index (χ2n) is 7.06. The second-order valence-corrected chi connectivity index (χ2v) is 7.06. The van der Waals surface area contributed by atoms with Crippen LogP contribution >= 0.6 is 0 Å². The van der Waals surface area contributed by atoms with E-state index in [0.717, 1.165) is 42.2 Å². The van der Waals surface area contributed by atoms with Gasteiger partial charge in [-0.05, 0) is 30.7 Å². The van der Waals surface area contributed by atoms with Crippen LogP contribution in [0.25, 0.3) is 0 Å². The van der Waals surface area contributed by atoms with Gasteiger partial charge in [0.2, 0.25) is 11.8 Å². The summed E-state index contributed by atoms with van der Waals surface area (Å²) in [6.07, 6.45) is -0.125. The number of piperazine rings is 1. The normalized spacial score (nSPS) is 14.6. The molecule has 6 heteroatoms. The SMILES string of the molecule is COc1ccccc1CN1CCN(C(=O)CC(=O)Nc2cccc(C)c2)CC1. The van der Waals surface area contributed by atoms with Crippen LogP contribution in [-0.4, -0.2) is 54.9 Å². The van der Waals surface area contributed by atoms with Crippen LogP contribution in [0, 0.1) is 6.92 Å². The number of rotatable bonds is 6. The van der Waals surface area contributed by atoms with Crippen LogP contribution in [0.2, 0.25) is 0 Å². The average molecular weight is 381 g/mol. The van der Waals surface area contributed by atoms with E-state index in [1.165, 1.54) is 0 Å². The Balaban J connectivity index is 1.46. The smallest absolute Gasteiger partial charge is 0.233 e. The molecule has 1 saturated heterocycles. The molecule has 0 bridgehead atoms. The van der Waals surface area contributed by atoms with Gasteiger partial charge in [0.05, 0.1) is 7.11 Å². The lowest BCUT2D eigenvalue weighted by Crippen LogP contribution is -2.48. The first-order valence-electron chi connectivity index (χ1n) is 9.53. The number of nitrogens with one attached hydrogen (secondary N) is 1. The number of hydrogen-bond acceptors (Lipinski definition) is 4. The van der Waals surface area contributed by atoms with Gasteiger partial charge in [0.1, 0.15) is 12.2 Å². The average Bonchev–Trinajstić information content (AvgIpc) is 2.69. The number of aryl methyl sites for hydroxylation is 1. The van der Waals surface area contributed by atoms with E-state index < -0.39 is 0 Å². The Morgan fingerprint density at radius 3 is 2.50 bits per heavy atom. The van der Waals surface area contributed by atoms with Crippen LogP contribution in [0.5, 0.6) is 5.75 Å². The molecule has 28 heavy (non-hydrogen) atoms. The lowest BCUT2D eigenvalue weighted by Gasteiger charge is -2.34. The number of benzene rings is 2. The summed E-state index contributed by atoms with van der Waals surface area (Å²) in [5.41, 5.74) is 2.93. The molecule has 6 nitrogen and oxygen atoms in total. The first kappa shape index (κ1) is 19.9. The van der Waals surface area contributed by atoms with Crippen LogP contribution < -0.4 is 10.1 Å². The highest BCUT2D eigenvalue weighted by atomic mass is 16.5. The number of nitrogens with zero attached hydrogens (tertiary/aromatic N) is 2. The van der Waals surface area contributed by atoms with Crippen molar-refractivity contribution >= 4 is 17.5 Å². The zero-order valence-corrected chi connectivity index (χ0v) is 16.5. The molecule has 1 heterocycles. The Hall–Kier alpha value is -2.86. The fourth-order valence-corrected chi connectivity index (χ4v) is 3.41. The molecular weight excluding hydrogens is 354 g/mol. The first-order valence-corrected chi connectivity index (χ1v) is 9.53. The highest BCUT2D eigenvalue weighted by molar-refractivity contribution is 6.03. The number of para-hydroxylation sites is 1. The summed E-state index contributed by atoms with van der Waals surface area (Å²) in [6, 6.07) is 15.5. The fourth-order valence-electron chi connectivity index (χ4n) is 3.41. The summed E-state index contributed by atoms with van der Waals surface area (Å²) in [5.74, 6) is 0.489. The maximum atomic E-state index is 12.5. The van der Waals surface area contributed by atoms with E-state index in [-0.39, 0.29) is 18.2 Å². The Morgan fingerprint density at radius 2 is 1.79 bits per heavy atom. The Kier molecular flexibility index (Phi) is 6.66. The van der Waals surface area contributed by atoms with Crippen LogP contribution in [0.3, 0.4) is 0 Å². The summed E-state index contributed by atoms with van der Waals surface area (Å²) < 4.78 is 5.41. The van der Waals surface area contributed by atoms with Crippen molar-refractivity contribution in [3.8, 4) is 5.75 Å². The predicted molar refractivity (Wildman–Crippen MR) is 109 cm³/mol. The number of ether oxygens (including phenoxy) is 1. The summed E-state index contributed by atoms with van der Waals surface area (Å²) in [6.45, 7) is 5.58. The maximum absolute atomic E-state index is 12.5. The molecule has 0 radical (unpaired) electrons. The van der Waals surface area contributed by atoms with Crippen LogP contribution in [0.15, 0.2) is 48.5 Å². The second kappa shape index (κ2) is 9.37. The third-order valence-electron chi connectivity index (χ3n) is 4.93. The van der Waals surface area contributed by atoms with Crippen LogP contribution in [0.1, 0.15) is 17.5 Å². The van der Waals surface area contributed by atoms with E-state index >= 15 is 0 Å². The molecule has 0 unspecified atom stereocenters. The van der Waals surface area contributed by atoms with E-state index in [2.05, 4.69) is 16.3 Å². The molecule has 1 aliphatic heterocycles. The molecule has 0 spiro atoms. The number of anilines is 1. The molecule has 0 saturated carbocycles. The molecule has 148 valence electrons. The van der Waals surface area contributed by atoms with Crippen molar-refractivity contribution in [2.75, 3.05) is 38.6 Å². The number of methoxy groups -OCH3 is 1. The molecular formula is C22H27N3O3. The minimum absolute atomic E-state index is 0.123. The third-order valence-corrected chi connectivity index (χ3v) is 4.93. The molecule has 1 aliphatic rings. The van der Waals surface area contributed by atoms with Gasteiger partial charge < -0.3 is 15.0 Å². The van der Waals surface area contributed by atoms with Crippen molar-refractivity contribution in [2.45, 2.75) is 19.9 Å². The molecule has 0 aromatic heterocycles. The van der Waals surface area contributed by atoms with Crippen LogP contribution in [0.4, 0.5) is 5.69 Å². The zero-order valence-electron chi connectivity index (χ0n) is 16.5. The van der Waals surface area contributed by atoms with Gasteiger partial charge in [-0.3, -0.25) is 14.5 Å². The summed E-state index contributed by atoms with van der Waals surface area (Å²) >= 11 is 0. The van der Waals surface area contributed by atoms with E-state index in [1.807, 2.05) is 49.4 Å². The van der Waals surface area contributed by atoms with Gasteiger partial charge in [0.25, 0.3) is 0 Å². The minimum Gasteiger partial charge on any atom is -0.496 e. The highest BCUT2D eigenvalue weighted by Crippen LogP contribution is 2.20. The van der Waals surface area contributed by atoms with Gasteiger partial charge in [0.15, 0.2) is 0 Å². The fraction of sp³-hybridized carbons (Fsp3) is 0.364. The molecule has 0 atom stereocenters. The van der Waals surface area contributed by atoms with Crippen LogP contribution in [-0.2, 0) is 16.1 Å². The summed E-state index contributed by atoms with van der Waals surface area (Å²) in [7, 11) is 1.68. The lowest BCUT2D eigenvalue weighted by atomic mass is 10.1. The summed E-state index contributed by atoms with van der Waals surface area (Å²) in [5, 5.41) is 2.80. The van der Waals surface area contributed by atoms with Crippen molar-refractivity contribution in [1.29, 1.82) is 0 Å². The van der Waals surface area contributed by atoms with Gasteiger partial charge in [-0.25, -0.2) is 0 Å². The molecule has 1 fully saturated rings. The topological polar surface area (TPSA) is 61.9 Å². The summed E-state index contributed by atoms with van der Waals surface area (Å²) in [4.78, 5) is 28.7. The zero-order chi connectivity index (χ0) is 19.9. The predicted octanol–water partition coefficient (Wildman–Crippen LogP) is 2.68. The van der Waals surface area contributed by atoms with Crippen molar-refractivity contribution in [3.63, 3.8) is 0 Å². The number of hydrogen-bond donors (Lipinski definition) is 1. The number of carbonyl (C=O) groups excluding carboxylic acids is 2. The Morgan fingerprint density at radius 1 is 1.04 bits per heavy atom. The van der Waals surface area contributed by atoms with Crippen molar-refractivity contribution in [2.24, 2.45) is 0 Å². The van der Waals surface area contributed by atoms with Gasteiger partial charge >= 0.3 is 0 Å². The quantitative estimate of drug-likeness (QED) is 0.782. The number of carbonyl (C=O) groups is 2. The maximum Gasteiger partial charge on any atom is 0.233 e. The molecule has 2 amide bonds. The monoisotopic (exact) mass is 381 g/mol. The minimum atomic E-state index is -0.271. The van der Waals surface area contributed by atoms with Crippen molar-refractivity contribution < 1.29 is 14.3 Å². The van der Waals surface area contributed by atoms with E-state index in [0.29, 0.717) is 13.1 Å². The van der Waals surface area contributed by atoms with Gasteiger partial charge in [0, 0.05) is 44.0 Å². The molecule has 0 aliphatic carbocycles. The van der Waals surface area contributed by atoms with Crippen molar-refractivity contribution in [1.82, 2.24) is 9.80 Å². The molecule has 1 N–H and O–H groups in total. The Labute approximate surface area is 166 Å². The standard InChI is InChI=1S/C22H27N3O3/c1-17-6-5-8-19(14-17)23-21(26)15-22(27)25-12-10-24(11-13-25)16-18-7-3-4-9-20(18)28-2/h3-9,14H,10-13,15-16H2,1-2H3,(H,23,26). The third kappa shape index (κ3) is 5.33. The van der Waals surface area contributed by atoms with Gasteiger partial charge in [-0.2, -0.15) is 0 Å². The molecule has 2 aromatic carbocycles. The number of amides is 2. The molecule has 2 aromatic rings. The highest BCUT2D eigenvalue weighted by Gasteiger charge is 2.23. The van der Waals surface area contributed by atoms with Gasteiger partial charge in [-0.15, -0.1) is 0 Å². The van der Waals surface area contributed by atoms with E-state index in [4.69, 9.17) is 4.74 Å². The molecule has 3 rings (SSSR count). The Bertz CT molecular complexity index is 829. The van der Waals surface area contributed by atoms with Crippen molar-refractivity contribution in [3.05, 3.63) is 59.7 Å². The largest absolute Gasteiger partial charge is 0.496 e. The lowest BCUT2D eigenvalue weighted by molar-refractivity contribution is -0.136. The first-order chi connectivity index (χ1) is 13.5. The van der Waals surface area contributed by atoms with E-state index in [9.17, 15) is 9.59 Å². The van der Waals surface area contributed by atoms with Gasteiger partial charge in [-0.1, -0.05) is 30.3 Å².